The molecule has 1 aromatic carbocycles. The summed E-state index contributed by atoms with van der Waals surface area (Å²) in [5.74, 6) is 0.823. The highest BCUT2D eigenvalue weighted by molar-refractivity contribution is 9.10. The monoisotopic (exact) mass is 447 g/mol. The smallest absolute Gasteiger partial charge is 0.410 e. The fraction of sp³-hybridized carbons (Fsp3) is 0.429. The van der Waals surface area contributed by atoms with E-state index in [-0.39, 0.29) is 12.1 Å². The highest BCUT2D eigenvalue weighted by atomic mass is 79.9. The summed E-state index contributed by atoms with van der Waals surface area (Å²) in [4.78, 5) is 18.6. The summed E-state index contributed by atoms with van der Waals surface area (Å²) >= 11 is 3.38. The van der Waals surface area contributed by atoms with Gasteiger partial charge >= 0.3 is 6.09 Å². The number of nitrogens with zero attached hydrogens (tertiary/aromatic N) is 2. The Morgan fingerprint density at radius 1 is 1.29 bits per heavy atom. The first-order valence-corrected chi connectivity index (χ1v) is 10.1. The minimum absolute atomic E-state index is 0.140. The van der Waals surface area contributed by atoms with Crippen molar-refractivity contribution in [1.82, 2.24) is 9.88 Å². The maximum absolute atomic E-state index is 12.6. The second kappa shape index (κ2) is 8.92. The predicted molar refractivity (Wildman–Crippen MR) is 112 cm³/mol. The van der Waals surface area contributed by atoms with E-state index in [9.17, 15) is 4.79 Å². The summed E-state index contributed by atoms with van der Waals surface area (Å²) in [6, 6.07) is 11.9. The number of amides is 1. The van der Waals surface area contributed by atoms with Crippen LogP contribution in [0, 0.1) is 0 Å². The molecular weight excluding hydrogens is 422 g/mol. The van der Waals surface area contributed by atoms with Gasteiger partial charge in [0.25, 0.3) is 0 Å². The van der Waals surface area contributed by atoms with Crippen LogP contribution < -0.4 is 5.32 Å². The van der Waals surface area contributed by atoms with Gasteiger partial charge in [-0.1, -0.05) is 24.3 Å². The van der Waals surface area contributed by atoms with Crippen LogP contribution in [0.1, 0.15) is 37.9 Å². The topological polar surface area (TPSA) is 63.7 Å². The van der Waals surface area contributed by atoms with Crippen LogP contribution in [0.5, 0.6) is 0 Å². The SMILES string of the molecule is CC(C)(C)OC(=O)N1CCOCC1c1ccc(CNc2ccc(Br)cn2)cc1. The Morgan fingerprint density at radius 3 is 2.68 bits per heavy atom. The lowest BCUT2D eigenvalue weighted by Crippen LogP contribution is -2.45. The first-order chi connectivity index (χ1) is 13.3. The molecule has 1 saturated heterocycles. The number of hydrogen-bond acceptors (Lipinski definition) is 5. The van der Waals surface area contributed by atoms with Gasteiger partial charge in [0.15, 0.2) is 0 Å². The second-order valence-corrected chi connectivity index (χ2v) is 8.64. The number of aromatic nitrogens is 1. The molecule has 0 aliphatic carbocycles. The molecule has 3 rings (SSSR count). The van der Waals surface area contributed by atoms with Crippen molar-refractivity contribution in [2.45, 2.75) is 39.0 Å². The summed E-state index contributed by atoms with van der Waals surface area (Å²) in [6.45, 7) is 7.83. The Hall–Kier alpha value is -2.12. The number of carbonyl (C=O) groups is 1. The van der Waals surface area contributed by atoms with E-state index in [1.54, 1.807) is 11.1 Å². The lowest BCUT2D eigenvalue weighted by molar-refractivity contribution is -0.0331. The average molecular weight is 448 g/mol. The molecule has 0 spiro atoms. The van der Waals surface area contributed by atoms with Gasteiger partial charge in [-0.2, -0.15) is 0 Å². The van der Waals surface area contributed by atoms with Crippen LogP contribution in [0.25, 0.3) is 0 Å². The van der Waals surface area contributed by atoms with Gasteiger partial charge in [-0.3, -0.25) is 4.90 Å². The van der Waals surface area contributed by atoms with Crippen molar-refractivity contribution in [3.05, 3.63) is 58.2 Å². The summed E-state index contributed by atoms with van der Waals surface area (Å²) < 4.78 is 12.1. The van der Waals surface area contributed by atoms with Gasteiger partial charge in [0.2, 0.25) is 0 Å². The van der Waals surface area contributed by atoms with Crippen LogP contribution in [0.4, 0.5) is 10.6 Å². The number of ether oxygens (including phenoxy) is 2. The molecule has 1 aromatic heterocycles. The molecule has 7 heteroatoms. The Kier molecular flexibility index (Phi) is 6.57. The number of rotatable bonds is 4. The van der Waals surface area contributed by atoms with Crippen LogP contribution in [-0.2, 0) is 16.0 Å². The van der Waals surface area contributed by atoms with E-state index in [1.165, 1.54) is 0 Å². The van der Waals surface area contributed by atoms with Crippen LogP contribution in [0.15, 0.2) is 47.1 Å². The van der Waals surface area contributed by atoms with E-state index in [0.717, 1.165) is 21.4 Å². The van der Waals surface area contributed by atoms with Gasteiger partial charge in [-0.25, -0.2) is 9.78 Å². The fourth-order valence-corrected chi connectivity index (χ4v) is 3.18. The molecule has 1 N–H and O–H groups in total. The minimum Gasteiger partial charge on any atom is -0.444 e. The quantitative estimate of drug-likeness (QED) is 0.731. The third-order valence-corrected chi connectivity index (χ3v) is 4.79. The van der Waals surface area contributed by atoms with Crippen LogP contribution in [-0.4, -0.2) is 41.3 Å². The van der Waals surface area contributed by atoms with Gasteiger partial charge in [-0.05, 0) is 60.0 Å². The molecular formula is C21H26BrN3O3. The van der Waals surface area contributed by atoms with Gasteiger partial charge in [0.1, 0.15) is 11.4 Å². The Morgan fingerprint density at radius 2 is 2.04 bits per heavy atom. The van der Waals surface area contributed by atoms with Crippen molar-refractivity contribution in [3.63, 3.8) is 0 Å². The first kappa shape index (κ1) is 20.6. The van der Waals surface area contributed by atoms with Gasteiger partial charge in [-0.15, -0.1) is 0 Å². The summed E-state index contributed by atoms with van der Waals surface area (Å²) in [7, 11) is 0. The minimum atomic E-state index is -0.517. The number of pyridine rings is 1. The van der Waals surface area contributed by atoms with Gasteiger partial charge < -0.3 is 14.8 Å². The second-order valence-electron chi connectivity index (χ2n) is 7.72. The van der Waals surface area contributed by atoms with Crippen molar-refractivity contribution < 1.29 is 14.3 Å². The van der Waals surface area contributed by atoms with E-state index in [1.807, 2.05) is 45.0 Å². The van der Waals surface area contributed by atoms with Crippen molar-refractivity contribution in [2.75, 3.05) is 25.1 Å². The van der Waals surface area contributed by atoms with E-state index < -0.39 is 5.60 Å². The molecule has 1 atom stereocenters. The zero-order valence-electron chi connectivity index (χ0n) is 16.4. The lowest BCUT2D eigenvalue weighted by Gasteiger charge is -2.36. The molecule has 2 aromatic rings. The largest absolute Gasteiger partial charge is 0.444 e. The van der Waals surface area contributed by atoms with Crippen LogP contribution in [0.2, 0.25) is 0 Å². The summed E-state index contributed by atoms with van der Waals surface area (Å²) in [5.41, 5.74) is 1.65. The number of carbonyl (C=O) groups excluding carboxylic acids is 1. The molecule has 0 bridgehead atoms. The third-order valence-electron chi connectivity index (χ3n) is 4.32. The van der Waals surface area contributed by atoms with E-state index in [0.29, 0.717) is 26.3 Å². The molecule has 0 radical (unpaired) electrons. The van der Waals surface area contributed by atoms with Gasteiger partial charge in [0, 0.05) is 23.8 Å². The van der Waals surface area contributed by atoms with E-state index >= 15 is 0 Å². The lowest BCUT2D eigenvalue weighted by atomic mass is 10.0. The van der Waals surface area contributed by atoms with Crippen LogP contribution in [0.3, 0.4) is 0 Å². The van der Waals surface area contributed by atoms with E-state index in [4.69, 9.17) is 9.47 Å². The van der Waals surface area contributed by atoms with E-state index in [2.05, 4.69) is 38.4 Å². The maximum atomic E-state index is 12.6. The number of hydrogen-bond donors (Lipinski definition) is 1. The molecule has 1 unspecified atom stereocenters. The van der Waals surface area contributed by atoms with Crippen LogP contribution >= 0.6 is 15.9 Å². The van der Waals surface area contributed by atoms with Crippen molar-refractivity contribution in [2.24, 2.45) is 0 Å². The highest BCUT2D eigenvalue weighted by Gasteiger charge is 2.31. The van der Waals surface area contributed by atoms with Crippen molar-refractivity contribution in [1.29, 1.82) is 0 Å². The Labute approximate surface area is 174 Å². The number of benzene rings is 1. The summed E-state index contributed by atoms with van der Waals surface area (Å²) in [5, 5.41) is 3.30. The standard InChI is InChI=1S/C21H26BrN3O3/c1-21(2,3)28-20(26)25-10-11-27-14-18(25)16-6-4-15(5-7-16)12-23-19-9-8-17(22)13-24-19/h4-9,13,18H,10-12,14H2,1-3H3,(H,23,24). The first-order valence-electron chi connectivity index (χ1n) is 9.33. The Bertz CT molecular complexity index is 788. The normalized spacial score (nSPS) is 17.3. The van der Waals surface area contributed by atoms with Crippen molar-refractivity contribution >= 4 is 27.8 Å². The molecule has 1 aliphatic heterocycles. The fourth-order valence-electron chi connectivity index (χ4n) is 2.95. The molecule has 0 saturated carbocycles. The molecule has 1 amide bonds. The number of halogens is 1. The zero-order chi connectivity index (χ0) is 20.1. The summed E-state index contributed by atoms with van der Waals surface area (Å²) in [6.07, 6.45) is 1.47. The molecule has 2 heterocycles. The number of morpholine rings is 1. The highest BCUT2D eigenvalue weighted by Crippen LogP contribution is 2.26. The number of nitrogens with one attached hydrogen (secondary N) is 1. The molecule has 150 valence electrons. The maximum Gasteiger partial charge on any atom is 0.410 e. The van der Waals surface area contributed by atoms with Crippen molar-refractivity contribution in [3.8, 4) is 0 Å². The molecule has 1 fully saturated rings. The van der Waals surface area contributed by atoms with Gasteiger partial charge in [0.05, 0.1) is 19.3 Å². The zero-order valence-corrected chi connectivity index (χ0v) is 18.0. The average Bonchev–Trinajstić information content (AvgIpc) is 2.67. The third kappa shape index (κ3) is 5.69. The molecule has 6 nitrogen and oxygen atoms in total. The molecule has 1 aliphatic rings. The Balaban J connectivity index is 1.65. The number of anilines is 1. The predicted octanol–water partition coefficient (Wildman–Crippen LogP) is 4.76. The molecule has 28 heavy (non-hydrogen) atoms.